The lowest BCUT2D eigenvalue weighted by atomic mass is 10.1. The molecule has 0 fully saturated rings. The molecule has 0 unspecified atom stereocenters. The second kappa shape index (κ2) is 3.37. The van der Waals surface area contributed by atoms with Crippen molar-refractivity contribution in [3.8, 4) is 6.07 Å². The predicted octanol–water partition coefficient (Wildman–Crippen LogP) is 1.90. The average molecular weight is 266 g/mol. The number of carboxylic acids is 1. The smallest absolute Gasteiger partial charge is 0.337 e. The van der Waals surface area contributed by atoms with Crippen LogP contribution >= 0.6 is 15.9 Å². The van der Waals surface area contributed by atoms with Gasteiger partial charge in [-0.2, -0.15) is 5.26 Å². The number of carboxylic acid groups (broad SMARTS) is 1. The lowest BCUT2D eigenvalue weighted by molar-refractivity contribution is 0.0696. The number of hydrogen-bond acceptors (Lipinski definition) is 3. The number of halogens is 1. The Balaban J connectivity index is 2.81. The molecule has 0 atom stereocenters. The SMILES string of the molecule is N#Cc1cc2nc(Br)[nH]c2cc1C(=O)O. The van der Waals surface area contributed by atoms with Crippen LogP contribution in [0.15, 0.2) is 16.9 Å². The predicted molar refractivity (Wildman–Crippen MR) is 55.5 cm³/mol. The van der Waals surface area contributed by atoms with Gasteiger partial charge in [-0.15, -0.1) is 0 Å². The fraction of sp³-hybridized carbons (Fsp3) is 0. The van der Waals surface area contributed by atoms with Crippen LogP contribution in [0.5, 0.6) is 0 Å². The highest BCUT2D eigenvalue weighted by Gasteiger charge is 2.13. The van der Waals surface area contributed by atoms with Crippen molar-refractivity contribution in [2.75, 3.05) is 0 Å². The van der Waals surface area contributed by atoms with E-state index in [4.69, 9.17) is 10.4 Å². The number of nitriles is 1. The number of nitrogens with one attached hydrogen (secondary N) is 1. The Bertz CT molecular complexity index is 597. The van der Waals surface area contributed by atoms with Crippen LogP contribution in [0, 0.1) is 11.3 Å². The number of rotatable bonds is 1. The molecule has 0 spiro atoms. The zero-order valence-corrected chi connectivity index (χ0v) is 8.87. The largest absolute Gasteiger partial charge is 0.478 e. The minimum atomic E-state index is -1.13. The van der Waals surface area contributed by atoms with E-state index >= 15 is 0 Å². The van der Waals surface area contributed by atoms with Crippen LogP contribution in [-0.2, 0) is 0 Å². The van der Waals surface area contributed by atoms with E-state index < -0.39 is 5.97 Å². The Morgan fingerprint density at radius 2 is 2.33 bits per heavy atom. The zero-order chi connectivity index (χ0) is 11.0. The first-order chi connectivity index (χ1) is 7.11. The lowest BCUT2D eigenvalue weighted by Gasteiger charge is -1.97. The molecule has 15 heavy (non-hydrogen) atoms. The second-order valence-corrected chi connectivity index (χ2v) is 3.61. The number of benzene rings is 1. The summed E-state index contributed by atoms with van der Waals surface area (Å²) in [7, 11) is 0. The topological polar surface area (TPSA) is 89.8 Å². The van der Waals surface area contributed by atoms with Gasteiger partial charge in [0, 0.05) is 0 Å². The van der Waals surface area contributed by atoms with Gasteiger partial charge in [-0.05, 0) is 28.1 Å². The first-order valence-electron chi connectivity index (χ1n) is 3.94. The Morgan fingerprint density at radius 1 is 1.60 bits per heavy atom. The number of nitrogens with zero attached hydrogens (tertiary/aromatic N) is 2. The number of imidazole rings is 1. The number of fused-ring (bicyclic) bond motifs is 1. The maximum absolute atomic E-state index is 10.8. The number of aromatic carboxylic acids is 1. The third-order valence-electron chi connectivity index (χ3n) is 1.94. The van der Waals surface area contributed by atoms with Crippen molar-refractivity contribution in [2.45, 2.75) is 0 Å². The van der Waals surface area contributed by atoms with Crippen molar-refractivity contribution < 1.29 is 9.90 Å². The number of H-pyrrole nitrogens is 1. The monoisotopic (exact) mass is 265 g/mol. The van der Waals surface area contributed by atoms with Crippen molar-refractivity contribution in [3.05, 3.63) is 28.0 Å². The molecule has 0 aliphatic rings. The fourth-order valence-electron chi connectivity index (χ4n) is 1.30. The van der Waals surface area contributed by atoms with E-state index in [2.05, 4.69) is 25.9 Å². The zero-order valence-electron chi connectivity index (χ0n) is 7.28. The molecule has 0 saturated heterocycles. The van der Waals surface area contributed by atoms with Crippen LogP contribution in [0.25, 0.3) is 11.0 Å². The summed E-state index contributed by atoms with van der Waals surface area (Å²) in [5.41, 5.74) is 1.22. The molecule has 2 rings (SSSR count). The molecule has 0 aliphatic carbocycles. The summed E-state index contributed by atoms with van der Waals surface area (Å²) in [6.07, 6.45) is 0. The van der Waals surface area contributed by atoms with E-state index in [9.17, 15) is 4.79 Å². The molecule has 1 heterocycles. The van der Waals surface area contributed by atoms with Crippen molar-refractivity contribution in [2.24, 2.45) is 0 Å². The van der Waals surface area contributed by atoms with Crippen LogP contribution in [-0.4, -0.2) is 21.0 Å². The molecular weight excluding hydrogens is 262 g/mol. The Hall–Kier alpha value is -1.87. The van der Waals surface area contributed by atoms with Gasteiger partial charge in [0.25, 0.3) is 0 Å². The van der Waals surface area contributed by atoms with E-state index in [1.807, 2.05) is 6.07 Å². The normalized spacial score (nSPS) is 10.1. The summed E-state index contributed by atoms with van der Waals surface area (Å²) in [6, 6.07) is 4.67. The highest BCUT2D eigenvalue weighted by atomic mass is 79.9. The molecule has 5 nitrogen and oxygen atoms in total. The van der Waals surface area contributed by atoms with E-state index in [1.54, 1.807) is 0 Å². The van der Waals surface area contributed by atoms with Gasteiger partial charge in [-0.25, -0.2) is 9.78 Å². The summed E-state index contributed by atoms with van der Waals surface area (Å²) >= 11 is 3.14. The summed E-state index contributed by atoms with van der Waals surface area (Å²) in [6.45, 7) is 0. The van der Waals surface area contributed by atoms with Gasteiger partial charge in [0.05, 0.1) is 22.2 Å². The van der Waals surface area contributed by atoms with Gasteiger partial charge < -0.3 is 10.1 Å². The van der Waals surface area contributed by atoms with Crippen molar-refractivity contribution >= 4 is 32.9 Å². The third kappa shape index (κ3) is 1.57. The number of carbonyl (C=O) groups is 1. The molecule has 6 heteroatoms. The van der Waals surface area contributed by atoms with Gasteiger partial charge in [-0.3, -0.25) is 0 Å². The first kappa shape index (κ1) is 9.68. The number of aromatic amines is 1. The minimum absolute atomic E-state index is 0.0267. The maximum atomic E-state index is 10.8. The average Bonchev–Trinajstić information content (AvgIpc) is 2.54. The van der Waals surface area contributed by atoms with Crippen molar-refractivity contribution in [1.82, 2.24) is 9.97 Å². The molecule has 0 aliphatic heterocycles. The van der Waals surface area contributed by atoms with Crippen LogP contribution in [0.2, 0.25) is 0 Å². The third-order valence-corrected chi connectivity index (χ3v) is 2.32. The summed E-state index contributed by atoms with van der Waals surface area (Å²) in [4.78, 5) is 17.7. The maximum Gasteiger partial charge on any atom is 0.337 e. The molecule has 0 radical (unpaired) electrons. The van der Waals surface area contributed by atoms with Crippen molar-refractivity contribution in [1.29, 1.82) is 5.26 Å². The molecule has 0 bridgehead atoms. The second-order valence-electron chi connectivity index (χ2n) is 2.86. The van der Waals surface area contributed by atoms with Gasteiger partial charge in [-0.1, -0.05) is 0 Å². The molecule has 2 N–H and O–H groups in total. The molecule has 0 saturated carbocycles. The first-order valence-corrected chi connectivity index (χ1v) is 4.74. The van der Waals surface area contributed by atoms with E-state index in [0.29, 0.717) is 15.8 Å². The highest BCUT2D eigenvalue weighted by molar-refractivity contribution is 9.10. The summed E-state index contributed by atoms with van der Waals surface area (Å²) in [5, 5.41) is 17.6. The summed E-state index contributed by atoms with van der Waals surface area (Å²) < 4.78 is 0.504. The summed E-state index contributed by atoms with van der Waals surface area (Å²) in [5.74, 6) is -1.13. The van der Waals surface area contributed by atoms with Crippen molar-refractivity contribution in [3.63, 3.8) is 0 Å². The van der Waals surface area contributed by atoms with Gasteiger partial charge in [0.1, 0.15) is 6.07 Å². The Kier molecular flexibility index (Phi) is 2.17. The quantitative estimate of drug-likeness (QED) is 0.824. The minimum Gasteiger partial charge on any atom is -0.478 e. The standard InChI is InChI=1S/C9H4BrN3O2/c10-9-12-6-1-4(3-11)5(8(14)15)2-7(6)13-9/h1-2H,(H,12,13)(H,14,15). The Labute approximate surface area is 92.5 Å². The molecule has 1 aromatic carbocycles. The highest BCUT2D eigenvalue weighted by Crippen LogP contribution is 2.20. The number of hydrogen-bond donors (Lipinski definition) is 2. The van der Waals surface area contributed by atoms with E-state index in [-0.39, 0.29) is 11.1 Å². The van der Waals surface area contributed by atoms with Gasteiger partial charge in [0.15, 0.2) is 4.73 Å². The van der Waals surface area contributed by atoms with Crippen LogP contribution in [0.1, 0.15) is 15.9 Å². The van der Waals surface area contributed by atoms with Gasteiger partial charge in [0.2, 0.25) is 0 Å². The van der Waals surface area contributed by atoms with Crippen LogP contribution in [0.3, 0.4) is 0 Å². The van der Waals surface area contributed by atoms with Gasteiger partial charge >= 0.3 is 5.97 Å². The molecule has 2 aromatic rings. The molecular formula is C9H4BrN3O2. The van der Waals surface area contributed by atoms with Crippen LogP contribution in [0.4, 0.5) is 0 Å². The molecule has 1 aromatic heterocycles. The van der Waals surface area contributed by atoms with E-state index in [1.165, 1.54) is 12.1 Å². The molecule has 0 amide bonds. The number of aromatic nitrogens is 2. The molecule has 74 valence electrons. The fourth-order valence-corrected chi connectivity index (χ4v) is 1.70. The lowest BCUT2D eigenvalue weighted by Crippen LogP contribution is -1.99. The Morgan fingerprint density at radius 3 is 2.93 bits per heavy atom. The van der Waals surface area contributed by atoms with E-state index in [0.717, 1.165) is 0 Å². The van der Waals surface area contributed by atoms with Crippen LogP contribution < -0.4 is 0 Å².